The van der Waals surface area contributed by atoms with Crippen molar-refractivity contribution in [3.05, 3.63) is 63.1 Å². The monoisotopic (exact) mass is 408 g/mol. The molecule has 7 heteroatoms. The van der Waals surface area contributed by atoms with Crippen LogP contribution in [0, 0.1) is 0 Å². The smallest absolute Gasteiger partial charge is 0.411 e. The lowest BCUT2D eigenvalue weighted by Gasteiger charge is -2.33. The van der Waals surface area contributed by atoms with Gasteiger partial charge in [-0.15, -0.1) is 0 Å². The van der Waals surface area contributed by atoms with Crippen molar-refractivity contribution < 1.29 is 14.3 Å². The molecular formula is C20H22Cl2N2O3. The Bertz CT molecular complexity index is 829. The van der Waals surface area contributed by atoms with Crippen molar-refractivity contribution in [2.75, 3.05) is 39.2 Å². The third kappa shape index (κ3) is 4.93. The van der Waals surface area contributed by atoms with Gasteiger partial charge in [0.15, 0.2) is 0 Å². The van der Waals surface area contributed by atoms with E-state index in [1.165, 1.54) is 0 Å². The SMILES string of the molecule is COCCOC(=O)Nc1cccc([C@@H]2CN(C)Cc3c(Cl)cc(Cl)cc32)c1. The molecule has 27 heavy (non-hydrogen) atoms. The van der Waals surface area contributed by atoms with E-state index in [0.29, 0.717) is 22.3 Å². The number of methoxy groups -OCH3 is 1. The van der Waals surface area contributed by atoms with Crippen molar-refractivity contribution in [3.8, 4) is 0 Å². The Hall–Kier alpha value is -1.79. The molecule has 0 radical (unpaired) electrons. The number of nitrogens with one attached hydrogen (secondary N) is 1. The molecule has 0 spiro atoms. The second-order valence-electron chi connectivity index (χ2n) is 6.58. The van der Waals surface area contributed by atoms with Crippen LogP contribution in [-0.4, -0.2) is 44.9 Å². The number of halogens is 2. The molecule has 2 aromatic rings. The van der Waals surface area contributed by atoms with Crippen LogP contribution in [0.1, 0.15) is 22.6 Å². The van der Waals surface area contributed by atoms with Crippen LogP contribution >= 0.6 is 23.2 Å². The molecule has 0 bridgehead atoms. The van der Waals surface area contributed by atoms with Crippen molar-refractivity contribution in [2.45, 2.75) is 12.5 Å². The Morgan fingerprint density at radius 2 is 2.07 bits per heavy atom. The van der Waals surface area contributed by atoms with Gasteiger partial charge in [0.1, 0.15) is 6.61 Å². The van der Waals surface area contributed by atoms with Gasteiger partial charge in [-0.25, -0.2) is 4.79 Å². The highest BCUT2D eigenvalue weighted by molar-refractivity contribution is 6.35. The van der Waals surface area contributed by atoms with E-state index in [9.17, 15) is 4.79 Å². The lowest BCUT2D eigenvalue weighted by molar-refractivity contribution is 0.107. The summed E-state index contributed by atoms with van der Waals surface area (Å²) < 4.78 is 9.93. The Morgan fingerprint density at radius 1 is 1.26 bits per heavy atom. The Morgan fingerprint density at radius 3 is 2.85 bits per heavy atom. The fourth-order valence-electron chi connectivity index (χ4n) is 3.34. The zero-order chi connectivity index (χ0) is 19.4. The number of likely N-dealkylation sites (N-methyl/N-ethyl adjacent to an activating group) is 1. The second kappa shape index (κ2) is 8.93. The zero-order valence-electron chi connectivity index (χ0n) is 15.3. The number of carbonyl (C=O) groups is 1. The first kappa shape index (κ1) is 20.0. The topological polar surface area (TPSA) is 50.8 Å². The summed E-state index contributed by atoms with van der Waals surface area (Å²) >= 11 is 12.7. The molecular weight excluding hydrogens is 387 g/mol. The molecule has 0 unspecified atom stereocenters. The first-order valence-electron chi connectivity index (χ1n) is 8.67. The van der Waals surface area contributed by atoms with Crippen LogP contribution in [0.5, 0.6) is 0 Å². The highest BCUT2D eigenvalue weighted by atomic mass is 35.5. The van der Waals surface area contributed by atoms with Crippen molar-refractivity contribution in [2.24, 2.45) is 0 Å². The average molecular weight is 409 g/mol. The number of amides is 1. The lowest BCUT2D eigenvalue weighted by atomic mass is 9.84. The standard InChI is InChI=1S/C20H22Cl2N2O3/c1-24-11-17(16-9-14(21)10-19(22)18(16)12-24)13-4-3-5-15(8-13)23-20(25)27-7-6-26-2/h3-5,8-10,17H,6-7,11-12H2,1-2H3,(H,23,25)/t17-/m0/s1. The molecule has 0 aromatic heterocycles. The van der Waals surface area contributed by atoms with Crippen LogP contribution in [0.3, 0.4) is 0 Å². The molecule has 5 nitrogen and oxygen atoms in total. The van der Waals surface area contributed by atoms with Crippen molar-refractivity contribution in [1.29, 1.82) is 0 Å². The summed E-state index contributed by atoms with van der Waals surface area (Å²) in [6.45, 7) is 2.19. The number of rotatable bonds is 5. The minimum Gasteiger partial charge on any atom is -0.447 e. The summed E-state index contributed by atoms with van der Waals surface area (Å²) in [5, 5.41) is 4.07. The van der Waals surface area contributed by atoms with Crippen LogP contribution in [0.4, 0.5) is 10.5 Å². The molecule has 0 aliphatic carbocycles. The van der Waals surface area contributed by atoms with Crippen molar-refractivity contribution >= 4 is 35.0 Å². The van der Waals surface area contributed by atoms with Crippen LogP contribution in [0.15, 0.2) is 36.4 Å². The molecule has 1 aliphatic heterocycles. The van der Waals surface area contributed by atoms with E-state index in [2.05, 4.69) is 17.3 Å². The summed E-state index contributed by atoms with van der Waals surface area (Å²) in [7, 11) is 3.62. The number of fused-ring (bicyclic) bond motifs is 1. The Labute approximate surface area is 169 Å². The van der Waals surface area contributed by atoms with Gasteiger partial charge in [0.2, 0.25) is 0 Å². The molecule has 1 atom stereocenters. The van der Waals surface area contributed by atoms with Gasteiger partial charge < -0.3 is 14.4 Å². The molecule has 1 N–H and O–H groups in total. The molecule has 0 fully saturated rings. The normalized spacial score (nSPS) is 16.7. The summed E-state index contributed by atoms with van der Waals surface area (Å²) in [6.07, 6.45) is -0.503. The number of nitrogens with zero attached hydrogens (tertiary/aromatic N) is 1. The molecule has 0 saturated carbocycles. The van der Waals surface area contributed by atoms with Gasteiger partial charge in [0, 0.05) is 41.8 Å². The van der Waals surface area contributed by atoms with Gasteiger partial charge in [-0.3, -0.25) is 5.32 Å². The third-order valence-electron chi connectivity index (χ3n) is 4.55. The molecule has 144 valence electrons. The first-order valence-corrected chi connectivity index (χ1v) is 9.42. The van der Waals surface area contributed by atoms with E-state index in [1.807, 2.05) is 30.3 Å². The summed E-state index contributed by atoms with van der Waals surface area (Å²) in [5.41, 5.74) is 3.98. The quantitative estimate of drug-likeness (QED) is 0.724. The Balaban J connectivity index is 1.84. The Kier molecular flexibility index (Phi) is 6.60. The van der Waals surface area contributed by atoms with Gasteiger partial charge in [0.05, 0.1) is 6.61 Å². The fraction of sp³-hybridized carbons (Fsp3) is 0.350. The van der Waals surface area contributed by atoms with E-state index in [0.717, 1.165) is 29.8 Å². The van der Waals surface area contributed by atoms with Crippen molar-refractivity contribution in [1.82, 2.24) is 4.90 Å². The minimum atomic E-state index is -0.503. The fourth-order valence-corrected chi connectivity index (χ4v) is 3.90. The minimum absolute atomic E-state index is 0.112. The van der Waals surface area contributed by atoms with Crippen LogP contribution < -0.4 is 5.32 Å². The van der Waals surface area contributed by atoms with Gasteiger partial charge >= 0.3 is 6.09 Å². The van der Waals surface area contributed by atoms with Gasteiger partial charge in [-0.1, -0.05) is 35.3 Å². The van der Waals surface area contributed by atoms with Gasteiger partial charge in [-0.05, 0) is 48.0 Å². The number of hydrogen-bond donors (Lipinski definition) is 1. The second-order valence-corrected chi connectivity index (χ2v) is 7.43. The maximum Gasteiger partial charge on any atom is 0.411 e. The molecule has 2 aromatic carbocycles. The maximum atomic E-state index is 11.9. The number of ether oxygens (including phenoxy) is 2. The van der Waals surface area contributed by atoms with E-state index in [-0.39, 0.29) is 12.5 Å². The number of hydrogen-bond acceptors (Lipinski definition) is 4. The predicted molar refractivity (Wildman–Crippen MR) is 108 cm³/mol. The van der Waals surface area contributed by atoms with Crippen molar-refractivity contribution in [3.63, 3.8) is 0 Å². The maximum absolute atomic E-state index is 11.9. The van der Waals surface area contributed by atoms with E-state index in [1.54, 1.807) is 13.2 Å². The number of carbonyl (C=O) groups excluding carboxylic acids is 1. The molecule has 1 heterocycles. The van der Waals surface area contributed by atoms with E-state index >= 15 is 0 Å². The highest BCUT2D eigenvalue weighted by Crippen LogP contribution is 2.38. The first-order chi connectivity index (χ1) is 13.0. The number of anilines is 1. The lowest BCUT2D eigenvalue weighted by Crippen LogP contribution is -2.31. The van der Waals surface area contributed by atoms with Gasteiger partial charge in [0.25, 0.3) is 0 Å². The summed E-state index contributed by atoms with van der Waals surface area (Å²) in [6, 6.07) is 11.5. The van der Waals surface area contributed by atoms with E-state index < -0.39 is 6.09 Å². The van der Waals surface area contributed by atoms with Gasteiger partial charge in [-0.2, -0.15) is 0 Å². The molecule has 1 amide bonds. The average Bonchev–Trinajstić information content (AvgIpc) is 2.62. The predicted octanol–water partition coefficient (Wildman–Crippen LogP) is 4.77. The largest absolute Gasteiger partial charge is 0.447 e. The summed E-state index contributed by atoms with van der Waals surface area (Å²) in [5.74, 6) is 0.112. The van der Waals surface area contributed by atoms with Crippen LogP contribution in [0.25, 0.3) is 0 Å². The van der Waals surface area contributed by atoms with E-state index in [4.69, 9.17) is 32.7 Å². The number of benzene rings is 2. The van der Waals surface area contributed by atoms with Crippen LogP contribution in [-0.2, 0) is 16.0 Å². The third-order valence-corrected chi connectivity index (χ3v) is 5.10. The zero-order valence-corrected chi connectivity index (χ0v) is 16.8. The summed E-state index contributed by atoms with van der Waals surface area (Å²) in [4.78, 5) is 14.1. The highest BCUT2D eigenvalue weighted by Gasteiger charge is 2.27. The molecule has 3 rings (SSSR count). The molecule has 1 aliphatic rings. The molecule has 0 saturated heterocycles. The van der Waals surface area contributed by atoms with Crippen LogP contribution in [0.2, 0.25) is 10.0 Å².